The zero-order chi connectivity index (χ0) is 24.1. The predicted octanol–water partition coefficient (Wildman–Crippen LogP) is 4.26. The number of nitro groups is 1. The summed E-state index contributed by atoms with van der Waals surface area (Å²) >= 11 is 11.9. The number of amides is 2. The molecule has 5 rings (SSSR count). The van der Waals surface area contributed by atoms with Gasteiger partial charge in [0.05, 0.1) is 33.6 Å². The Morgan fingerprint density at radius 3 is 2.41 bits per heavy atom. The maximum absolute atomic E-state index is 12.8. The number of fused-ring (bicyclic) bond motifs is 5. The van der Waals surface area contributed by atoms with Gasteiger partial charge in [-0.2, -0.15) is 10.1 Å². The molecule has 0 N–H and O–H groups in total. The lowest BCUT2D eigenvalue weighted by molar-refractivity contribution is -0.385. The summed E-state index contributed by atoms with van der Waals surface area (Å²) in [4.78, 5) is 49.2. The number of imide groups is 1. The van der Waals surface area contributed by atoms with Crippen LogP contribution in [0.15, 0.2) is 53.7 Å². The first-order chi connectivity index (χ1) is 16.3. The first-order valence-electron chi connectivity index (χ1n) is 10.3. The molecule has 2 bridgehead atoms. The number of benzene rings is 2. The predicted molar refractivity (Wildman–Crippen MR) is 122 cm³/mol. The number of hydrazone groups is 1. The van der Waals surface area contributed by atoms with Crippen LogP contribution in [0.1, 0.15) is 22.3 Å². The van der Waals surface area contributed by atoms with E-state index in [0.717, 1.165) is 23.7 Å². The number of hydrogen-bond donors (Lipinski definition) is 0. The highest BCUT2D eigenvalue weighted by Crippen LogP contribution is 2.52. The van der Waals surface area contributed by atoms with E-state index in [1.165, 1.54) is 30.3 Å². The number of para-hydroxylation sites is 1. The molecule has 0 spiro atoms. The van der Waals surface area contributed by atoms with E-state index >= 15 is 0 Å². The Morgan fingerprint density at radius 2 is 1.79 bits per heavy atom. The quantitative estimate of drug-likeness (QED) is 0.115. The molecule has 4 unspecified atom stereocenters. The molecule has 9 nitrogen and oxygen atoms in total. The number of ether oxygens (including phenoxy) is 1. The lowest BCUT2D eigenvalue weighted by Gasteiger charge is -2.13. The average molecular weight is 500 g/mol. The van der Waals surface area contributed by atoms with Crippen LogP contribution >= 0.6 is 23.2 Å². The van der Waals surface area contributed by atoms with Gasteiger partial charge in [-0.25, -0.2) is 4.79 Å². The number of hydrogen-bond acceptors (Lipinski definition) is 7. The maximum Gasteiger partial charge on any atom is 0.345 e. The van der Waals surface area contributed by atoms with Gasteiger partial charge in [0.1, 0.15) is 0 Å². The van der Waals surface area contributed by atoms with Crippen molar-refractivity contribution in [3.63, 3.8) is 0 Å². The number of carbonyl (C=O) groups is 3. The molecule has 0 radical (unpaired) electrons. The van der Waals surface area contributed by atoms with Crippen LogP contribution in [0.3, 0.4) is 0 Å². The Morgan fingerprint density at radius 1 is 1.12 bits per heavy atom. The van der Waals surface area contributed by atoms with Gasteiger partial charge in [0.2, 0.25) is 5.75 Å². The third-order valence-corrected chi connectivity index (χ3v) is 6.87. The van der Waals surface area contributed by atoms with E-state index in [-0.39, 0.29) is 28.0 Å². The van der Waals surface area contributed by atoms with Gasteiger partial charge in [0, 0.05) is 16.7 Å². The minimum atomic E-state index is -0.948. The van der Waals surface area contributed by atoms with Gasteiger partial charge in [0.25, 0.3) is 11.8 Å². The Labute approximate surface area is 202 Å². The van der Waals surface area contributed by atoms with Gasteiger partial charge in [-0.05, 0) is 42.5 Å². The van der Waals surface area contributed by atoms with E-state index in [4.69, 9.17) is 27.9 Å². The zero-order valence-electron chi connectivity index (χ0n) is 17.3. The molecule has 1 saturated heterocycles. The molecule has 1 aliphatic heterocycles. The van der Waals surface area contributed by atoms with Crippen molar-refractivity contribution in [2.75, 3.05) is 0 Å². The number of allylic oxidation sites excluding steroid dienone is 2. The molecule has 0 aromatic heterocycles. The van der Waals surface area contributed by atoms with Crippen molar-refractivity contribution in [2.24, 2.45) is 28.8 Å². The molecule has 3 aliphatic rings. The lowest BCUT2D eigenvalue weighted by Crippen LogP contribution is -2.28. The second-order valence-corrected chi connectivity index (χ2v) is 9.04. The third kappa shape index (κ3) is 3.57. The molecular weight excluding hydrogens is 485 g/mol. The lowest BCUT2D eigenvalue weighted by atomic mass is 9.85. The van der Waals surface area contributed by atoms with Crippen molar-refractivity contribution < 1.29 is 24.0 Å². The number of nitrogens with zero attached hydrogens (tertiary/aromatic N) is 3. The molecule has 1 heterocycles. The molecule has 2 aromatic rings. The van der Waals surface area contributed by atoms with Crippen molar-refractivity contribution in [3.05, 3.63) is 79.8 Å². The van der Waals surface area contributed by atoms with Crippen LogP contribution in [0.25, 0.3) is 0 Å². The first-order valence-corrected chi connectivity index (χ1v) is 11.1. The monoisotopic (exact) mass is 499 g/mol. The van der Waals surface area contributed by atoms with Crippen LogP contribution in [-0.4, -0.2) is 33.9 Å². The fraction of sp³-hybridized carbons (Fsp3) is 0.217. The van der Waals surface area contributed by atoms with Crippen molar-refractivity contribution in [1.82, 2.24) is 5.01 Å². The van der Waals surface area contributed by atoms with Crippen molar-refractivity contribution in [1.29, 1.82) is 0 Å². The molecule has 2 aromatic carbocycles. The highest BCUT2D eigenvalue weighted by Gasteiger charge is 2.59. The van der Waals surface area contributed by atoms with Gasteiger partial charge in [0.15, 0.2) is 0 Å². The second-order valence-electron chi connectivity index (χ2n) is 8.20. The third-order valence-electron chi connectivity index (χ3n) is 6.33. The molecule has 172 valence electrons. The SMILES string of the molecule is O=C(Oc1c(C=NN2C(=O)C3C4C=CC(C4)C3C2=O)cccc1[N+](=O)[O-])c1ccc(Cl)cc1Cl. The molecule has 4 atom stereocenters. The van der Waals surface area contributed by atoms with Crippen LogP contribution in [0, 0.1) is 33.8 Å². The highest BCUT2D eigenvalue weighted by molar-refractivity contribution is 6.36. The molecular formula is C23H15Cl2N3O6. The molecule has 2 fully saturated rings. The number of halogens is 2. The zero-order valence-corrected chi connectivity index (χ0v) is 18.8. The Balaban J connectivity index is 1.46. The normalized spacial score (nSPS) is 24.8. The summed E-state index contributed by atoms with van der Waals surface area (Å²) in [5, 5.41) is 16.7. The van der Waals surface area contributed by atoms with E-state index in [1.807, 2.05) is 12.2 Å². The number of nitro benzene ring substituents is 1. The Hall–Kier alpha value is -3.56. The van der Waals surface area contributed by atoms with Gasteiger partial charge in [-0.3, -0.25) is 19.7 Å². The van der Waals surface area contributed by atoms with Crippen LogP contribution in [0.4, 0.5) is 5.69 Å². The molecule has 1 saturated carbocycles. The van der Waals surface area contributed by atoms with Gasteiger partial charge in [-0.15, -0.1) is 0 Å². The fourth-order valence-electron chi connectivity index (χ4n) is 4.82. The van der Waals surface area contributed by atoms with Crippen LogP contribution < -0.4 is 4.74 Å². The minimum Gasteiger partial charge on any atom is -0.415 e. The van der Waals surface area contributed by atoms with Gasteiger partial charge >= 0.3 is 11.7 Å². The van der Waals surface area contributed by atoms with Crippen molar-refractivity contribution in [3.8, 4) is 5.75 Å². The largest absolute Gasteiger partial charge is 0.415 e. The fourth-order valence-corrected chi connectivity index (χ4v) is 5.31. The van der Waals surface area contributed by atoms with Crippen LogP contribution in [-0.2, 0) is 9.59 Å². The van der Waals surface area contributed by atoms with E-state index < -0.39 is 46.0 Å². The first kappa shape index (κ1) is 22.2. The number of rotatable bonds is 5. The molecule has 34 heavy (non-hydrogen) atoms. The average Bonchev–Trinajstić information content (AvgIpc) is 3.47. The van der Waals surface area contributed by atoms with E-state index in [0.29, 0.717) is 5.02 Å². The van der Waals surface area contributed by atoms with Crippen molar-refractivity contribution in [2.45, 2.75) is 6.42 Å². The smallest absolute Gasteiger partial charge is 0.345 e. The number of esters is 1. The second kappa shape index (κ2) is 8.34. The molecule has 2 aliphatic carbocycles. The van der Waals surface area contributed by atoms with E-state index in [9.17, 15) is 24.5 Å². The number of carbonyl (C=O) groups excluding carboxylic acids is 3. The summed E-state index contributed by atoms with van der Waals surface area (Å²) in [6, 6.07) is 8.04. The summed E-state index contributed by atoms with van der Waals surface area (Å²) in [6.45, 7) is 0. The Bertz CT molecular complexity index is 1290. The highest BCUT2D eigenvalue weighted by atomic mass is 35.5. The molecule has 2 amide bonds. The van der Waals surface area contributed by atoms with Gasteiger partial charge in [-0.1, -0.05) is 41.4 Å². The summed E-state index contributed by atoms with van der Waals surface area (Å²) in [6.07, 6.45) is 5.81. The summed E-state index contributed by atoms with van der Waals surface area (Å²) in [5.41, 5.74) is -0.514. The summed E-state index contributed by atoms with van der Waals surface area (Å²) in [7, 11) is 0. The molecule has 11 heteroatoms. The van der Waals surface area contributed by atoms with Crippen molar-refractivity contribution >= 4 is 52.9 Å². The van der Waals surface area contributed by atoms with E-state index in [2.05, 4.69) is 5.10 Å². The minimum absolute atomic E-state index is 0.00865. The summed E-state index contributed by atoms with van der Waals surface area (Å²) < 4.78 is 5.33. The van der Waals surface area contributed by atoms with Gasteiger partial charge < -0.3 is 4.74 Å². The van der Waals surface area contributed by atoms with E-state index in [1.54, 1.807) is 0 Å². The topological polar surface area (TPSA) is 119 Å². The maximum atomic E-state index is 12.8. The standard InChI is InChI=1S/C23H15Cl2N3O6/c24-14-6-7-15(16(25)9-14)23(31)34-20-13(2-1-3-17(20)28(32)33)10-26-27-21(29)18-11-4-5-12(8-11)19(18)22(27)30/h1-7,9-12,18-19H,8H2. The summed E-state index contributed by atoms with van der Waals surface area (Å²) in [5.74, 6) is -2.98. The van der Waals surface area contributed by atoms with Crippen LogP contribution in [0.5, 0.6) is 5.75 Å². The van der Waals surface area contributed by atoms with Crippen LogP contribution in [0.2, 0.25) is 10.0 Å². The Kier molecular flexibility index (Phi) is 5.45.